The van der Waals surface area contributed by atoms with E-state index in [4.69, 9.17) is 17.4 Å². The van der Waals surface area contributed by atoms with E-state index < -0.39 is 0 Å². The van der Waals surface area contributed by atoms with Crippen LogP contribution >= 0.6 is 11.6 Å². The second-order valence-corrected chi connectivity index (χ2v) is 5.99. The maximum absolute atomic E-state index is 6.28. The monoisotopic (exact) mass is 270 g/mol. The molecule has 0 bridgehead atoms. The van der Waals surface area contributed by atoms with Gasteiger partial charge in [-0.15, -0.1) is 0 Å². The van der Waals surface area contributed by atoms with E-state index in [1.807, 2.05) is 14.0 Å². The predicted molar refractivity (Wildman–Crippen MR) is 74.3 cm³/mol. The summed E-state index contributed by atoms with van der Waals surface area (Å²) in [5.74, 6) is 7.20. The number of hydrazine groups is 1. The van der Waals surface area contributed by atoms with Crippen LogP contribution in [0.3, 0.4) is 0 Å². The summed E-state index contributed by atoms with van der Waals surface area (Å²) in [6.07, 6.45) is 4.69. The largest absolute Gasteiger partial charge is 0.271 e. The number of aryl methyl sites for hydroxylation is 2. The van der Waals surface area contributed by atoms with E-state index in [2.05, 4.69) is 17.4 Å². The molecule has 3 unspecified atom stereocenters. The second-order valence-electron chi connectivity index (χ2n) is 5.63. The highest BCUT2D eigenvalue weighted by molar-refractivity contribution is 6.30. The molecule has 2 rings (SSSR count). The Balaban J connectivity index is 2.10. The van der Waals surface area contributed by atoms with Crippen molar-refractivity contribution in [2.75, 3.05) is 0 Å². The molecule has 3 N–H and O–H groups in total. The molecule has 1 aromatic heterocycles. The molecule has 1 aromatic rings. The lowest BCUT2D eigenvalue weighted by Crippen LogP contribution is -2.41. The fourth-order valence-electron chi connectivity index (χ4n) is 3.10. The fraction of sp³-hybridized carbons (Fsp3) is 0.769. The van der Waals surface area contributed by atoms with Crippen LogP contribution in [0.15, 0.2) is 0 Å². The summed E-state index contributed by atoms with van der Waals surface area (Å²) in [5.41, 5.74) is 5.12. The first-order valence-electron chi connectivity index (χ1n) is 6.67. The van der Waals surface area contributed by atoms with Gasteiger partial charge in [-0.1, -0.05) is 24.9 Å². The molecule has 1 saturated carbocycles. The van der Waals surface area contributed by atoms with Gasteiger partial charge in [0.25, 0.3) is 0 Å². The number of rotatable bonds is 4. The van der Waals surface area contributed by atoms with Crippen molar-refractivity contribution in [2.45, 2.75) is 45.6 Å². The number of hydrogen-bond donors (Lipinski definition) is 2. The molecule has 1 aliphatic carbocycles. The Morgan fingerprint density at radius 1 is 1.56 bits per heavy atom. The molecule has 1 aliphatic rings. The number of hydrogen-bond acceptors (Lipinski definition) is 3. The average Bonchev–Trinajstić information content (AvgIpc) is 2.84. The van der Waals surface area contributed by atoms with Gasteiger partial charge in [-0.2, -0.15) is 5.10 Å². The molecule has 0 saturated heterocycles. The summed E-state index contributed by atoms with van der Waals surface area (Å²) in [5, 5.41) is 5.09. The van der Waals surface area contributed by atoms with Gasteiger partial charge in [0.05, 0.1) is 5.69 Å². The van der Waals surface area contributed by atoms with Gasteiger partial charge in [0, 0.05) is 18.7 Å². The van der Waals surface area contributed by atoms with Gasteiger partial charge in [-0.05, 0) is 38.0 Å². The van der Waals surface area contributed by atoms with Crippen molar-refractivity contribution >= 4 is 11.6 Å². The summed E-state index contributed by atoms with van der Waals surface area (Å²) in [7, 11) is 1.88. The van der Waals surface area contributed by atoms with Gasteiger partial charge in [0.1, 0.15) is 5.15 Å². The topological polar surface area (TPSA) is 55.9 Å². The molecule has 0 spiro atoms. The zero-order valence-corrected chi connectivity index (χ0v) is 12.2. The number of nitrogens with two attached hydrogens (primary N) is 1. The smallest absolute Gasteiger partial charge is 0.130 e. The Morgan fingerprint density at radius 2 is 2.28 bits per heavy atom. The van der Waals surface area contributed by atoms with E-state index in [9.17, 15) is 0 Å². The highest BCUT2D eigenvalue weighted by atomic mass is 35.5. The highest BCUT2D eigenvalue weighted by Gasteiger charge is 2.29. The van der Waals surface area contributed by atoms with E-state index in [0.717, 1.165) is 28.7 Å². The predicted octanol–water partition coefficient (Wildman–Crippen LogP) is 2.19. The second kappa shape index (κ2) is 5.59. The van der Waals surface area contributed by atoms with Crippen molar-refractivity contribution in [2.24, 2.45) is 24.7 Å². The minimum atomic E-state index is 0.301. The standard InChI is InChI=1S/C13H23ClN4/c1-8-4-5-10(6-8)12(16-15)7-11-9(2)17-18(3)13(11)14/h8,10,12,16H,4-7,15H2,1-3H3. The quantitative estimate of drug-likeness (QED) is 0.651. The van der Waals surface area contributed by atoms with Crippen LogP contribution in [0.25, 0.3) is 0 Å². The maximum Gasteiger partial charge on any atom is 0.130 e. The van der Waals surface area contributed by atoms with Gasteiger partial charge < -0.3 is 0 Å². The number of halogens is 1. The lowest BCUT2D eigenvalue weighted by Gasteiger charge is -2.22. The van der Waals surface area contributed by atoms with E-state index in [0.29, 0.717) is 12.0 Å². The number of nitrogens with zero attached hydrogens (tertiary/aromatic N) is 2. The van der Waals surface area contributed by atoms with E-state index in [1.165, 1.54) is 19.3 Å². The molecule has 3 atom stereocenters. The third-order valence-electron chi connectivity index (χ3n) is 4.21. The molecular weight excluding hydrogens is 248 g/mol. The highest BCUT2D eigenvalue weighted by Crippen LogP contribution is 2.34. The van der Waals surface area contributed by atoms with Crippen molar-refractivity contribution < 1.29 is 0 Å². The first-order valence-corrected chi connectivity index (χ1v) is 7.04. The molecule has 4 nitrogen and oxygen atoms in total. The summed E-state index contributed by atoms with van der Waals surface area (Å²) in [6, 6.07) is 0.301. The van der Waals surface area contributed by atoms with Crippen molar-refractivity contribution in [3.8, 4) is 0 Å². The molecule has 0 amide bonds. The van der Waals surface area contributed by atoms with E-state index in [1.54, 1.807) is 4.68 Å². The summed E-state index contributed by atoms with van der Waals surface area (Å²) in [6.45, 7) is 4.32. The van der Waals surface area contributed by atoms with Crippen LogP contribution in [0.4, 0.5) is 0 Å². The molecular formula is C13H23ClN4. The van der Waals surface area contributed by atoms with Crippen LogP contribution < -0.4 is 11.3 Å². The zero-order valence-electron chi connectivity index (χ0n) is 11.4. The molecule has 102 valence electrons. The fourth-order valence-corrected chi connectivity index (χ4v) is 3.36. The van der Waals surface area contributed by atoms with Crippen molar-refractivity contribution in [3.05, 3.63) is 16.4 Å². The lowest BCUT2D eigenvalue weighted by atomic mass is 9.92. The Bertz CT molecular complexity index is 415. The minimum Gasteiger partial charge on any atom is -0.271 e. The molecule has 1 fully saturated rings. The molecule has 0 radical (unpaired) electrons. The first-order chi connectivity index (χ1) is 8.52. The lowest BCUT2D eigenvalue weighted by molar-refractivity contribution is 0.352. The number of nitrogens with one attached hydrogen (secondary N) is 1. The Hall–Kier alpha value is -0.580. The van der Waals surface area contributed by atoms with Crippen LogP contribution in [0, 0.1) is 18.8 Å². The van der Waals surface area contributed by atoms with Crippen LogP contribution in [0.5, 0.6) is 0 Å². The average molecular weight is 271 g/mol. The molecule has 0 aromatic carbocycles. The maximum atomic E-state index is 6.28. The summed E-state index contributed by atoms with van der Waals surface area (Å²) in [4.78, 5) is 0. The Labute approximate surface area is 114 Å². The summed E-state index contributed by atoms with van der Waals surface area (Å²) < 4.78 is 1.73. The van der Waals surface area contributed by atoms with Crippen LogP contribution in [-0.2, 0) is 13.5 Å². The zero-order chi connectivity index (χ0) is 13.3. The summed E-state index contributed by atoms with van der Waals surface area (Å²) >= 11 is 6.28. The Morgan fingerprint density at radius 3 is 2.72 bits per heavy atom. The van der Waals surface area contributed by atoms with Crippen LogP contribution in [0.2, 0.25) is 5.15 Å². The Kier molecular flexibility index (Phi) is 4.30. The van der Waals surface area contributed by atoms with Gasteiger partial charge in [0.2, 0.25) is 0 Å². The van der Waals surface area contributed by atoms with Gasteiger partial charge in [-0.3, -0.25) is 16.0 Å². The van der Waals surface area contributed by atoms with Crippen molar-refractivity contribution in [1.29, 1.82) is 0 Å². The van der Waals surface area contributed by atoms with Crippen LogP contribution in [0.1, 0.15) is 37.4 Å². The minimum absolute atomic E-state index is 0.301. The van der Waals surface area contributed by atoms with E-state index >= 15 is 0 Å². The van der Waals surface area contributed by atoms with Gasteiger partial charge in [0.15, 0.2) is 0 Å². The van der Waals surface area contributed by atoms with Gasteiger partial charge >= 0.3 is 0 Å². The van der Waals surface area contributed by atoms with E-state index in [-0.39, 0.29) is 0 Å². The molecule has 18 heavy (non-hydrogen) atoms. The molecule has 0 aliphatic heterocycles. The van der Waals surface area contributed by atoms with Crippen molar-refractivity contribution in [1.82, 2.24) is 15.2 Å². The van der Waals surface area contributed by atoms with Crippen molar-refractivity contribution in [3.63, 3.8) is 0 Å². The SMILES string of the molecule is Cc1nn(C)c(Cl)c1CC(NN)C1CCC(C)C1. The number of aromatic nitrogens is 2. The van der Waals surface area contributed by atoms with Crippen LogP contribution in [-0.4, -0.2) is 15.8 Å². The third-order valence-corrected chi connectivity index (χ3v) is 4.69. The molecule has 5 heteroatoms. The first kappa shape index (κ1) is 13.8. The third kappa shape index (κ3) is 2.71. The van der Waals surface area contributed by atoms with Gasteiger partial charge in [-0.25, -0.2) is 0 Å². The molecule has 1 heterocycles. The normalized spacial score (nSPS) is 25.6.